The Morgan fingerprint density at radius 2 is 1.86 bits per heavy atom. The molecule has 9 heteroatoms. The lowest BCUT2D eigenvalue weighted by molar-refractivity contribution is -0.136. The number of aliphatic carboxylic acids is 1. The Bertz CT molecular complexity index is 494. The topological polar surface area (TPSA) is 89.9 Å². The van der Waals surface area contributed by atoms with Crippen molar-refractivity contribution in [3.63, 3.8) is 0 Å². The first kappa shape index (κ1) is 20.2. The van der Waals surface area contributed by atoms with E-state index < -0.39 is 23.9 Å². The van der Waals surface area contributed by atoms with Crippen LogP contribution in [0.2, 0.25) is 0 Å². The second-order valence-electron chi connectivity index (χ2n) is 4.24. The molecule has 1 atom stereocenters. The molecule has 1 N–H and O–H groups in total. The van der Waals surface area contributed by atoms with E-state index in [0.717, 1.165) is 0 Å². The normalized spacial score (nSPS) is 14.7. The van der Waals surface area contributed by atoms with Crippen molar-refractivity contribution >= 4 is 40.5 Å². The molecule has 0 heterocycles. The Hall–Kier alpha value is -0.810. The van der Waals surface area contributed by atoms with E-state index in [1.807, 2.05) is 0 Å². The van der Waals surface area contributed by atoms with Crippen molar-refractivity contribution in [1.29, 1.82) is 0 Å². The van der Waals surface area contributed by atoms with Crippen LogP contribution >= 0.6 is 28.6 Å². The molecule has 0 rings (SSSR count). The zero-order chi connectivity index (χ0) is 16.6. The summed E-state index contributed by atoms with van der Waals surface area (Å²) in [5.41, 5.74) is 0.454. The zero-order valence-corrected chi connectivity index (χ0v) is 14.2. The van der Waals surface area contributed by atoms with Gasteiger partial charge in [0.05, 0.1) is 13.7 Å². The molecule has 0 saturated heterocycles. The Morgan fingerprint density at radius 3 is 2.29 bits per heavy atom. The van der Waals surface area contributed by atoms with Crippen LogP contribution in [0, 0.1) is 5.92 Å². The number of hydrogen-bond donors (Lipinski definition) is 1. The van der Waals surface area contributed by atoms with E-state index in [-0.39, 0.29) is 18.6 Å². The summed E-state index contributed by atoms with van der Waals surface area (Å²) < 4.78 is 20.5. The standard InChI is InChI=1S/C12H17Cl2O6P/c1-8(11(15)16)4-5-10(7-20-21(13,14)18)6-9(2)12(17)19-3/h4,6,10H,5,7H2,1-3H3,(H,15,16). The molecule has 0 amide bonds. The van der Waals surface area contributed by atoms with Crippen molar-refractivity contribution in [2.75, 3.05) is 13.7 Å². The van der Waals surface area contributed by atoms with Crippen LogP contribution in [0.1, 0.15) is 20.3 Å². The summed E-state index contributed by atoms with van der Waals surface area (Å²) in [4.78, 5) is 22.1. The zero-order valence-electron chi connectivity index (χ0n) is 11.8. The largest absolute Gasteiger partial charge is 0.478 e. The Labute approximate surface area is 132 Å². The fraction of sp³-hybridized carbons (Fsp3) is 0.500. The number of methoxy groups -OCH3 is 1. The average Bonchev–Trinajstić information content (AvgIpc) is 2.38. The van der Waals surface area contributed by atoms with Crippen molar-refractivity contribution in [2.24, 2.45) is 5.92 Å². The predicted molar refractivity (Wildman–Crippen MR) is 80.5 cm³/mol. The molecule has 6 nitrogen and oxygen atoms in total. The van der Waals surface area contributed by atoms with Gasteiger partial charge in [-0.25, -0.2) is 9.59 Å². The summed E-state index contributed by atoms with van der Waals surface area (Å²) in [6, 6.07) is 0. The number of carboxylic acids is 1. The molecule has 0 aromatic rings. The molecule has 0 bridgehead atoms. The van der Waals surface area contributed by atoms with Gasteiger partial charge in [0, 0.05) is 17.1 Å². The van der Waals surface area contributed by atoms with Gasteiger partial charge in [-0.3, -0.25) is 4.57 Å². The summed E-state index contributed by atoms with van der Waals surface area (Å²) >= 11 is 10.6. The summed E-state index contributed by atoms with van der Waals surface area (Å²) in [7, 11) is 1.24. The fourth-order valence-corrected chi connectivity index (χ4v) is 2.07. The molecule has 0 aromatic heterocycles. The van der Waals surface area contributed by atoms with E-state index in [1.54, 1.807) is 0 Å². The van der Waals surface area contributed by atoms with Crippen molar-refractivity contribution in [3.05, 3.63) is 23.3 Å². The molecule has 0 aliphatic rings. The highest BCUT2D eigenvalue weighted by atomic mass is 35.9. The van der Waals surface area contributed by atoms with Gasteiger partial charge in [0.1, 0.15) is 0 Å². The number of carbonyl (C=O) groups is 2. The minimum atomic E-state index is -3.70. The highest BCUT2D eigenvalue weighted by molar-refractivity contribution is 8.05. The first-order chi connectivity index (χ1) is 9.56. The number of rotatable bonds is 8. The monoisotopic (exact) mass is 358 g/mol. The van der Waals surface area contributed by atoms with E-state index in [0.29, 0.717) is 5.57 Å². The van der Waals surface area contributed by atoms with E-state index in [9.17, 15) is 14.2 Å². The van der Waals surface area contributed by atoms with Crippen LogP contribution in [0.25, 0.3) is 0 Å². The van der Waals surface area contributed by atoms with Crippen LogP contribution in [-0.2, 0) is 23.4 Å². The molecule has 0 spiro atoms. The van der Waals surface area contributed by atoms with Crippen LogP contribution in [0.5, 0.6) is 0 Å². The molecule has 0 aromatic carbocycles. The third kappa shape index (κ3) is 9.69. The van der Waals surface area contributed by atoms with Gasteiger partial charge in [0.25, 0.3) is 0 Å². The Kier molecular flexibility index (Phi) is 8.90. The van der Waals surface area contributed by atoms with E-state index in [2.05, 4.69) is 4.74 Å². The van der Waals surface area contributed by atoms with Gasteiger partial charge in [-0.1, -0.05) is 12.2 Å². The number of carboxylic acid groups (broad SMARTS) is 1. The van der Waals surface area contributed by atoms with Gasteiger partial charge >= 0.3 is 18.0 Å². The van der Waals surface area contributed by atoms with Crippen LogP contribution in [0.15, 0.2) is 23.3 Å². The number of ether oxygens (including phenoxy) is 1. The lowest BCUT2D eigenvalue weighted by Gasteiger charge is -2.13. The molecule has 1 unspecified atom stereocenters. The lowest BCUT2D eigenvalue weighted by atomic mass is 10.0. The molecule has 0 aliphatic carbocycles. The minimum absolute atomic E-state index is 0.123. The van der Waals surface area contributed by atoms with Gasteiger partial charge in [0.15, 0.2) is 0 Å². The SMILES string of the molecule is COC(=O)C(C)=CC(CC=C(C)C(=O)O)COP(=O)(Cl)Cl. The molecule has 0 saturated carbocycles. The molecule has 120 valence electrons. The predicted octanol–water partition coefficient (Wildman–Crippen LogP) is 3.75. The van der Waals surface area contributed by atoms with Crippen molar-refractivity contribution in [1.82, 2.24) is 0 Å². The lowest BCUT2D eigenvalue weighted by Crippen LogP contribution is -2.09. The van der Waals surface area contributed by atoms with Crippen molar-refractivity contribution in [2.45, 2.75) is 20.3 Å². The highest BCUT2D eigenvalue weighted by Crippen LogP contribution is 2.57. The quantitative estimate of drug-likeness (QED) is 0.403. The Balaban J connectivity index is 5.01. The number of halogens is 2. The molecule has 0 aliphatic heterocycles. The maximum absolute atomic E-state index is 11.3. The van der Waals surface area contributed by atoms with Crippen LogP contribution < -0.4 is 0 Å². The van der Waals surface area contributed by atoms with E-state index >= 15 is 0 Å². The molecular formula is C12H17Cl2O6P. The van der Waals surface area contributed by atoms with Crippen molar-refractivity contribution < 1.29 is 28.5 Å². The first-order valence-corrected chi connectivity index (χ1v) is 9.31. The van der Waals surface area contributed by atoms with Crippen LogP contribution in [0.3, 0.4) is 0 Å². The second kappa shape index (κ2) is 9.26. The summed E-state index contributed by atoms with van der Waals surface area (Å²) in [5.74, 6) is -2.01. The fourth-order valence-electron chi connectivity index (χ4n) is 1.36. The maximum atomic E-state index is 11.3. The Morgan fingerprint density at radius 1 is 1.29 bits per heavy atom. The summed E-state index contributed by atoms with van der Waals surface area (Å²) in [5, 5.41) is 8.79. The number of hydrogen-bond acceptors (Lipinski definition) is 5. The van der Waals surface area contributed by atoms with E-state index in [4.69, 9.17) is 32.1 Å². The maximum Gasteiger partial charge on any atom is 0.380 e. The van der Waals surface area contributed by atoms with Gasteiger partial charge < -0.3 is 14.4 Å². The third-order valence-electron chi connectivity index (χ3n) is 2.50. The van der Waals surface area contributed by atoms with Crippen LogP contribution in [-0.4, -0.2) is 30.8 Å². The van der Waals surface area contributed by atoms with Gasteiger partial charge in [0.2, 0.25) is 0 Å². The average molecular weight is 359 g/mol. The van der Waals surface area contributed by atoms with E-state index in [1.165, 1.54) is 33.1 Å². The van der Waals surface area contributed by atoms with Crippen molar-refractivity contribution in [3.8, 4) is 0 Å². The summed E-state index contributed by atoms with van der Waals surface area (Å²) in [6.45, 7) is 2.85. The van der Waals surface area contributed by atoms with Gasteiger partial charge in [-0.05, 0) is 42.7 Å². The van der Waals surface area contributed by atoms with Crippen LogP contribution in [0.4, 0.5) is 0 Å². The minimum Gasteiger partial charge on any atom is -0.478 e. The van der Waals surface area contributed by atoms with Gasteiger partial charge in [-0.15, -0.1) is 0 Å². The first-order valence-electron chi connectivity index (χ1n) is 5.87. The third-order valence-corrected chi connectivity index (χ3v) is 3.53. The molecule has 21 heavy (non-hydrogen) atoms. The summed E-state index contributed by atoms with van der Waals surface area (Å²) in [6.07, 6.45) is -0.456. The molecule has 0 radical (unpaired) electrons. The number of carbonyl (C=O) groups excluding carboxylic acids is 1. The smallest absolute Gasteiger partial charge is 0.380 e. The number of allylic oxidation sites excluding steroid dienone is 1. The molecule has 0 fully saturated rings. The second-order valence-corrected chi connectivity index (χ2v) is 8.52. The molecular weight excluding hydrogens is 342 g/mol. The number of esters is 1. The highest BCUT2D eigenvalue weighted by Gasteiger charge is 2.18. The van der Waals surface area contributed by atoms with Gasteiger partial charge in [-0.2, -0.15) is 0 Å².